The zero-order chi connectivity index (χ0) is 74.8. The second-order valence-corrected chi connectivity index (χ2v) is 33.3. The number of phosphoric acid groups is 2. The summed E-state index contributed by atoms with van der Waals surface area (Å²) in [6.07, 6.45) is 67.9. The molecule has 0 saturated heterocycles. The van der Waals surface area contributed by atoms with Crippen LogP contribution in [0.25, 0.3) is 0 Å². The maximum absolute atomic E-state index is 13.1. The van der Waals surface area contributed by atoms with Crippen LogP contribution < -0.4 is 0 Å². The van der Waals surface area contributed by atoms with Crippen LogP contribution in [0.4, 0.5) is 0 Å². The van der Waals surface area contributed by atoms with E-state index in [9.17, 15) is 43.2 Å². The first-order valence-electron chi connectivity index (χ1n) is 43.1. The molecule has 5 atom stereocenters. The Labute approximate surface area is 626 Å². The standard InChI is InChI=1S/C83H162O17P2/c1-6-9-12-15-18-21-24-27-28-29-30-31-35-38-43-47-52-57-62-67-81(86)94-73-79(100-83(88)69-64-59-54-49-44-39-36-33-32-34-37-40-45-50-55-60-65-76(4)5)75-98-102(91,92)96-71-77(84)70-95-101(89,90)97-74-78(99-82(87)68-63-58-53-48-42-26-23-20-17-14-11-8-3)72-93-80(85)66-61-56-51-46-41-25-22-19-16-13-10-7-2/h76-79,84H,6-75H2,1-5H3,(H,89,90)(H,91,92)/t77-,78+,79+/m0/s1. The van der Waals surface area contributed by atoms with Gasteiger partial charge in [0.15, 0.2) is 12.2 Å². The summed E-state index contributed by atoms with van der Waals surface area (Å²) < 4.78 is 68.8. The summed E-state index contributed by atoms with van der Waals surface area (Å²) in [5, 5.41) is 10.7. The van der Waals surface area contributed by atoms with Gasteiger partial charge in [0.2, 0.25) is 0 Å². The number of unbranched alkanes of at least 4 members (excludes halogenated alkanes) is 55. The molecule has 0 fully saturated rings. The quantitative estimate of drug-likeness (QED) is 0.0222. The van der Waals surface area contributed by atoms with Gasteiger partial charge in [-0.2, -0.15) is 0 Å². The van der Waals surface area contributed by atoms with E-state index < -0.39 is 97.5 Å². The van der Waals surface area contributed by atoms with E-state index in [0.717, 1.165) is 95.8 Å². The highest BCUT2D eigenvalue weighted by Crippen LogP contribution is 2.45. The molecule has 17 nitrogen and oxygen atoms in total. The first-order chi connectivity index (χ1) is 49.5. The highest BCUT2D eigenvalue weighted by atomic mass is 31.2. The van der Waals surface area contributed by atoms with Crippen molar-refractivity contribution in [3.05, 3.63) is 0 Å². The van der Waals surface area contributed by atoms with Crippen LogP contribution in [0.3, 0.4) is 0 Å². The van der Waals surface area contributed by atoms with Gasteiger partial charge >= 0.3 is 39.5 Å². The Bertz CT molecular complexity index is 1940. The van der Waals surface area contributed by atoms with E-state index in [2.05, 4.69) is 34.6 Å². The van der Waals surface area contributed by atoms with Gasteiger partial charge in [0.1, 0.15) is 19.3 Å². The van der Waals surface area contributed by atoms with E-state index in [1.807, 2.05) is 0 Å². The Morgan fingerprint density at radius 3 is 0.667 bits per heavy atom. The molecule has 0 bridgehead atoms. The molecule has 0 spiro atoms. The zero-order valence-corrected chi connectivity index (χ0v) is 68.5. The fraction of sp³-hybridized carbons (Fsp3) is 0.952. The van der Waals surface area contributed by atoms with Crippen LogP contribution in [0, 0.1) is 5.92 Å². The maximum Gasteiger partial charge on any atom is 0.472 e. The van der Waals surface area contributed by atoms with E-state index in [-0.39, 0.29) is 25.7 Å². The van der Waals surface area contributed by atoms with E-state index >= 15 is 0 Å². The third-order valence-electron chi connectivity index (χ3n) is 19.5. The molecule has 0 radical (unpaired) electrons. The Hall–Kier alpha value is -1.94. The van der Waals surface area contributed by atoms with Crippen LogP contribution in [0.2, 0.25) is 0 Å². The summed E-state index contributed by atoms with van der Waals surface area (Å²) in [5.41, 5.74) is 0. The molecular weight excluding hydrogens is 1330 g/mol. The van der Waals surface area contributed by atoms with Crippen molar-refractivity contribution in [3.8, 4) is 0 Å². The van der Waals surface area contributed by atoms with Crippen LogP contribution in [-0.4, -0.2) is 96.7 Å². The first kappa shape index (κ1) is 100. The van der Waals surface area contributed by atoms with Gasteiger partial charge in [-0.3, -0.25) is 37.3 Å². The second kappa shape index (κ2) is 75.9. The number of carbonyl (C=O) groups excluding carboxylic acids is 4. The average molecular weight is 1490 g/mol. The topological polar surface area (TPSA) is 237 Å². The van der Waals surface area contributed by atoms with E-state index in [4.69, 9.17) is 37.0 Å². The molecule has 19 heteroatoms. The second-order valence-electron chi connectivity index (χ2n) is 30.3. The Kier molecular flexibility index (Phi) is 74.4. The molecule has 0 amide bonds. The van der Waals surface area contributed by atoms with Gasteiger partial charge in [-0.25, -0.2) is 9.13 Å². The third-order valence-corrected chi connectivity index (χ3v) is 21.4. The van der Waals surface area contributed by atoms with Crippen molar-refractivity contribution in [2.45, 2.75) is 464 Å². The van der Waals surface area contributed by atoms with Crippen molar-refractivity contribution in [2.75, 3.05) is 39.6 Å². The van der Waals surface area contributed by atoms with Gasteiger partial charge in [-0.15, -0.1) is 0 Å². The number of carbonyl (C=O) groups is 4. The van der Waals surface area contributed by atoms with E-state index in [1.54, 1.807) is 0 Å². The third kappa shape index (κ3) is 76.3. The highest BCUT2D eigenvalue weighted by Gasteiger charge is 2.30. The number of hydrogen-bond acceptors (Lipinski definition) is 15. The van der Waals surface area contributed by atoms with Crippen LogP contribution in [-0.2, 0) is 65.4 Å². The molecule has 0 saturated carbocycles. The van der Waals surface area contributed by atoms with Crippen molar-refractivity contribution in [1.29, 1.82) is 0 Å². The monoisotopic (exact) mass is 1490 g/mol. The fourth-order valence-electron chi connectivity index (χ4n) is 12.9. The lowest BCUT2D eigenvalue weighted by molar-refractivity contribution is -0.161. The molecule has 606 valence electrons. The Morgan fingerprint density at radius 2 is 0.451 bits per heavy atom. The molecule has 0 rings (SSSR count). The molecule has 0 heterocycles. The lowest BCUT2D eigenvalue weighted by Crippen LogP contribution is -2.30. The van der Waals surface area contributed by atoms with Gasteiger partial charge < -0.3 is 33.8 Å². The van der Waals surface area contributed by atoms with E-state index in [1.165, 1.54) is 270 Å². The molecule has 0 aliphatic rings. The normalized spacial score (nSPS) is 13.8. The predicted octanol–water partition coefficient (Wildman–Crippen LogP) is 25.2. The lowest BCUT2D eigenvalue weighted by Gasteiger charge is -2.21. The lowest BCUT2D eigenvalue weighted by atomic mass is 10.0. The van der Waals surface area contributed by atoms with Crippen LogP contribution in [0.15, 0.2) is 0 Å². The number of ether oxygens (including phenoxy) is 4. The maximum atomic E-state index is 13.1. The van der Waals surface area contributed by atoms with Crippen LogP contribution in [0.5, 0.6) is 0 Å². The van der Waals surface area contributed by atoms with Crippen molar-refractivity contribution >= 4 is 39.5 Å². The van der Waals surface area contributed by atoms with Gasteiger partial charge in [-0.05, 0) is 31.6 Å². The van der Waals surface area contributed by atoms with Crippen molar-refractivity contribution in [1.82, 2.24) is 0 Å². The summed E-state index contributed by atoms with van der Waals surface area (Å²) in [6.45, 7) is 7.38. The minimum atomic E-state index is -4.96. The van der Waals surface area contributed by atoms with Gasteiger partial charge in [0.05, 0.1) is 26.4 Å². The molecule has 2 unspecified atom stereocenters. The first-order valence-corrected chi connectivity index (χ1v) is 46.1. The SMILES string of the molecule is CCCCCCCCCCCCCCCCCCCCCC(=O)OC[C@H](COP(=O)(O)OC[C@@H](O)COP(=O)(O)OC[C@@H](COC(=O)CCCCCCCCCCCCCC)OC(=O)CCCCCCCCCCCCCC)OC(=O)CCCCCCCCCCCCCCCCCCC(C)C. The van der Waals surface area contributed by atoms with E-state index in [0.29, 0.717) is 25.7 Å². The summed E-state index contributed by atoms with van der Waals surface area (Å²) in [6, 6.07) is 0. The van der Waals surface area contributed by atoms with Gasteiger partial charge in [0, 0.05) is 25.7 Å². The van der Waals surface area contributed by atoms with Crippen LogP contribution in [0.1, 0.15) is 446 Å². The average Bonchev–Trinajstić information content (AvgIpc) is 0.913. The number of rotatable bonds is 83. The number of phosphoric ester groups is 2. The minimum absolute atomic E-state index is 0.108. The van der Waals surface area contributed by atoms with Gasteiger partial charge in [-0.1, -0.05) is 394 Å². The highest BCUT2D eigenvalue weighted by molar-refractivity contribution is 7.47. The fourth-order valence-corrected chi connectivity index (χ4v) is 14.5. The molecule has 0 aliphatic carbocycles. The summed E-state index contributed by atoms with van der Waals surface area (Å²) >= 11 is 0. The van der Waals surface area contributed by atoms with Crippen molar-refractivity contribution in [3.63, 3.8) is 0 Å². The number of hydrogen-bond donors (Lipinski definition) is 3. The largest absolute Gasteiger partial charge is 0.472 e. The van der Waals surface area contributed by atoms with Gasteiger partial charge in [0.25, 0.3) is 0 Å². The molecule has 102 heavy (non-hydrogen) atoms. The van der Waals surface area contributed by atoms with Crippen molar-refractivity contribution < 1.29 is 80.2 Å². The molecule has 3 N–H and O–H groups in total. The summed E-state index contributed by atoms with van der Waals surface area (Å²) in [4.78, 5) is 73.1. The summed E-state index contributed by atoms with van der Waals surface area (Å²) in [5.74, 6) is -1.29. The smallest absolute Gasteiger partial charge is 0.462 e. The zero-order valence-electron chi connectivity index (χ0n) is 66.8. The molecular formula is C83H162O17P2. The Morgan fingerprint density at radius 1 is 0.265 bits per heavy atom. The Balaban J connectivity index is 5.23. The minimum Gasteiger partial charge on any atom is -0.462 e. The van der Waals surface area contributed by atoms with Crippen molar-refractivity contribution in [2.24, 2.45) is 5.92 Å². The molecule has 0 aromatic heterocycles. The van der Waals surface area contributed by atoms with Crippen LogP contribution >= 0.6 is 15.6 Å². The summed E-state index contributed by atoms with van der Waals surface area (Å²) in [7, 11) is -9.92. The molecule has 0 aliphatic heterocycles. The molecule has 0 aromatic carbocycles. The molecule has 0 aromatic rings. The predicted molar refractivity (Wildman–Crippen MR) is 418 cm³/mol. The number of aliphatic hydroxyl groups excluding tert-OH is 1. The number of esters is 4. The number of aliphatic hydroxyl groups is 1.